The largest absolute Gasteiger partial charge is 0.475 e. The first-order valence-electron chi connectivity index (χ1n) is 13.9. The van der Waals surface area contributed by atoms with E-state index in [-0.39, 0.29) is 37.9 Å². The summed E-state index contributed by atoms with van der Waals surface area (Å²) in [5.41, 5.74) is 4.23. The second-order valence-electron chi connectivity index (χ2n) is 11.7. The van der Waals surface area contributed by atoms with Gasteiger partial charge in [-0.15, -0.1) is 0 Å². The number of nitrogens with zero attached hydrogens (tertiary/aromatic N) is 2. The molecule has 1 aliphatic carbocycles. The van der Waals surface area contributed by atoms with E-state index in [2.05, 4.69) is 12.1 Å². The van der Waals surface area contributed by atoms with E-state index in [0.717, 1.165) is 22.3 Å². The molecule has 10 nitrogen and oxygen atoms in total. The molecule has 2 amide bonds. The van der Waals surface area contributed by atoms with Crippen LogP contribution in [0, 0.1) is 6.92 Å². The van der Waals surface area contributed by atoms with E-state index in [0.29, 0.717) is 11.3 Å². The predicted octanol–water partition coefficient (Wildman–Crippen LogP) is 5.67. The first kappa shape index (κ1) is 29.2. The minimum atomic E-state index is -1.20. The normalized spacial score (nSPS) is 18.0. The van der Waals surface area contributed by atoms with E-state index in [1.807, 2.05) is 36.4 Å². The van der Waals surface area contributed by atoms with Crippen molar-refractivity contribution < 1.29 is 38.1 Å². The molecule has 1 saturated heterocycles. The fraction of sp³-hybridized carbons (Fsp3) is 0.406. The number of amides is 2. The molecule has 2 aromatic carbocycles. The van der Waals surface area contributed by atoms with Crippen molar-refractivity contribution in [2.24, 2.45) is 0 Å². The van der Waals surface area contributed by atoms with E-state index in [1.54, 1.807) is 27.7 Å². The number of furan rings is 1. The summed E-state index contributed by atoms with van der Waals surface area (Å²) in [7, 11) is 1.53. The molecule has 10 heteroatoms. The van der Waals surface area contributed by atoms with Gasteiger partial charge in [0.2, 0.25) is 5.76 Å². The molecule has 5 rings (SSSR count). The highest BCUT2D eigenvalue weighted by atomic mass is 16.6. The molecule has 3 aromatic rings. The third-order valence-corrected chi connectivity index (χ3v) is 7.73. The van der Waals surface area contributed by atoms with E-state index in [1.165, 1.54) is 23.0 Å². The predicted molar refractivity (Wildman–Crippen MR) is 153 cm³/mol. The van der Waals surface area contributed by atoms with Gasteiger partial charge in [0, 0.05) is 25.1 Å². The van der Waals surface area contributed by atoms with Gasteiger partial charge in [-0.1, -0.05) is 48.5 Å². The van der Waals surface area contributed by atoms with Gasteiger partial charge in [0.25, 0.3) is 0 Å². The van der Waals surface area contributed by atoms with Gasteiger partial charge in [0.05, 0.1) is 25.2 Å². The van der Waals surface area contributed by atoms with Gasteiger partial charge in [-0.05, 0) is 56.0 Å². The highest BCUT2D eigenvalue weighted by Crippen LogP contribution is 2.44. The zero-order valence-corrected chi connectivity index (χ0v) is 24.5. The third kappa shape index (κ3) is 5.85. The summed E-state index contributed by atoms with van der Waals surface area (Å²) < 4.78 is 22.7. The molecular formula is C32H36N2O8. The van der Waals surface area contributed by atoms with Crippen molar-refractivity contribution in [3.8, 4) is 11.1 Å². The summed E-state index contributed by atoms with van der Waals surface area (Å²) in [6.45, 7) is 7.49. The maximum absolute atomic E-state index is 13.9. The van der Waals surface area contributed by atoms with Gasteiger partial charge < -0.3 is 28.6 Å². The van der Waals surface area contributed by atoms with Crippen LogP contribution in [0.3, 0.4) is 0 Å². The van der Waals surface area contributed by atoms with Crippen molar-refractivity contribution in [2.45, 2.75) is 57.9 Å². The molecule has 0 bridgehead atoms. The number of carboxylic acids is 1. The van der Waals surface area contributed by atoms with Crippen molar-refractivity contribution in [3.63, 3.8) is 0 Å². The van der Waals surface area contributed by atoms with E-state index in [9.17, 15) is 19.5 Å². The highest BCUT2D eigenvalue weighted by Gasteiger charge is 2.43. The Morgan fingerprint density at radius 3 is 2.19 bits per heavy atom. The average Bonchev–Trinajstić information content (AvgIpc) is 3.63. The first-order valence-corrected chi connectivity index (χ1v) is 13.9. The molecule has 1 fully saturated rings. The number of hydrogen-bond donors (Lipinski definition) is 1. The van der Waals surface area contributed by atoms with Crippen LogP contribution in [0.5, 0.6) is 0 Å². The van der Waals surface area contributed by atoms with Crippen molar-refractivity contribution in [1.29, 1.82) is 0 Å². The summed E-state index contributed by atoms with van der Waals surface area (Å²) in [5, 5.41) is 9.43. The summed E-state index contributed by atoms with van der Waals surface area (Å²) in [6.07, 6.45) is -1.64. The molecule has 1 aromatic heterocycles. The number of carboxylic acid groups (broad SMARTS) is 1. The Balaban J connectivity index is 1.41. The Hall–Kier alpha value is -4.31. The quantitative estimate of drug-likeness (QED) is 0.382. The van der Waals surface area contributed by atoms with Gasteiger partial charge in [-0.25, -0.2) is 14.4 Å². The van der Waals surface area contributed by atoms with Gasteiger partial charge in [-0.2, -0.15) is 0 Å². The van der Waals surface area contributed by atoms with Crippen LogP contribution in [0.15, 0.2) is 59.0 Å². The molecule has 0 radical (unpaired) electrons. The lowest BCUT2D eigenvalue weighted by molar-refractivity contribution is 0.0237. The molecule has 2 heterocycles. The van der Waals surface area contributed by atoms with Crippen molar-refractivity contribution in [1.82, 2.24) is 9.80 Å². The summed E-state index contributed by atoms with van der Waals surface area (Å²) in [5.74, 6) is -1.19. The lowest BCUT2D eigenvalue weighted by Crippen LogP contribution is -2.47. The summed E-state index contributed by atoms with van der Waals surface area (Å²) in [6, 6.07) is 17.0. The zero-order chi connectivity index (χ0) is 30.2. The Labute approximate surface area is 244 Å². The van der Waals surface area contributed by atoms with Crippen molar-refractivity contribution in [3.05, 3.63) is 82.8 Å². The number of benzene rings is 2. The van der Waals surface area contributed by atoms with Crippen molar-refractivity contribution >= 4 is 18.2 Å². The molecule has 2 aliphatic rings. The van der Waals surface area contributed by atoms with E-state index < -0.39 is 35.9 Å². The lowest BCUT2D eigenvalue weighted by atomic mass is 9.98. The Morgan fingerprint density at radius 2 is 1.64 bits per heavy atom. The van der Waals surface area contributed by atoms with Crippen LogP contribution < -0.4 is 0 Å². The van der Waals surface area contributed by atoms with Gasteiger partial charge >= 0.3 is 18.2 Å². The molecule has 1 N–H and O–H groups in total. The van der Waals surface area contributed by atoms with Crippen LogP contribution in [0.25, 0.3) is 11.1 Å². The van der Waals surface area contributed by atoms with Crippen LogP contribution >= 0.6 is 0 Å². The Kier molecular flexibility index (Phi) is 8.01. The number of ether oxygens (including phenoxy) is 3. The fourth-order valence-electron chi connectivity index (χ4n) is 5.72. The van der Waals surface area contributed by atoms with Crippen LogP contribution in [0.2, 0.25) is 0 Å². The van der Waals surface area contributed by atoms with Crippen molar-refractivity contribution in [2.75, 3.05) is 26.8 Å². The second kappa shape index (κ2) is 11.5. The minimum absolute atomic E-state index is 0.00593. The highest BCUT2D eigenvalue weighted by molar-refractivity contribution is 5.84. The lowest BCUT2D eigenvalue weighted by Gasteiger charge is -2.31. The molecule has 0 unspecified atom stereocenters. The Morgan fingerprint density at radius 1 is 1.02 bits per heavy atom. The number of methoxy groups -OCH3 is 1. The van der Waals surface area contributed by atoms with Gasteiger partial charge in [-0.3, -0.25) is 4.90 Å². The topological polar surface area (TPSA) is 119 Å². The van der Waals surface area contributed by atoms with Crippen LogP contribution in [-0.4, -0.2) is 77.6 Å². The number of fused-ring (bicyclic) bond motifs is 3. The number of aryl methyl sites for hydroxylation is 1. The van der Waals surface area contributed by atoms with Crippen LogP contribution in [-0.2, 0) is 20.8 Å². The maximum atomic E-state index is 13.9. The maximum Gasteiger partial charge on any atom is 0.410 e. The van der Waals surface area contributed by atoms with Crippen LogP contribution in [0.4, 0.5) is 9.59 Å². The molecule has 1 aliphatic heterocycles. The average molecular weight is 577 g/mol. The monoisotopic (exact) mass is 576 g/mol. The zero-order valence-electron chi connectivity index (χ0n) is 24.5. The SMILES string of the molecule is CO[C@@H]1CN(C(=O)OC(C)(C)C)C[C@H]1N(Cc1cc(C(=O)O)oc1C)C(=O)OCC1c2ccccc2-c2ccccc21. The fourth-order valence-corrected chi connectivity index (χ4v) is 5.72. The number of likely N-dealkylation sites (tertiary alicyclic amines) is 1. The molecular weight excluding hydrogens is 540 g/mol. The molecule has 42 heavy (non-hydrogen) atoms. The van der Waals surface area contributed by atoms with E-state index in [4.69, 9.17) is 18.6 Å². The minimum Gasteiger partial charge on any atom is -0.475 e. The number of rotatable bonds is 7. The molecule has 0 spiro atoms. The number of carbonyl (C=O) groups excluding carboxylic acids is 2. The number of aromatic carboxylic acids is 1. The van der Waals surface area contributed by atoms with E-state index >= 15 is 0 Å². The van der Waals surface area contributed by atoms with Crippen LogP contribution in [0.1, 0.15) is 59.7 Å². The van der Waals surface area contributed by atoms with Gasteiger partial charge in [0.1, 0.15) is 18.0 Å². The first-order chi connectivity index (χ1) is 20.0. The summed E-state index contributed by atoms with van der Waals surface area (Å²) >= 11 is 0. The number of carbonyl (C=O) groups is 3. The Bertz CT molecular complexity index is 1440. The molecule has 0 saturated carbocycles. The second-order valence-corrected chi connectivity index (χ2v) is 11.7. The standard InChI is InChI=1S/C32H36N2O8/c1-19-20(14-27(41-19)29(35)36)15-34(26-16-33(17-28(26)39-5)30(37)42-32(2,3)4)31(38)40-18-25-23-12-8-6-10-21(23)22-11-7-9-13-24(22)25/h6-14,25-26,28H,15-18H2,1-5H3,(H,35,36)/t26-,28-/m1/s1. The molecule has 2 atom stereocenters. The van der Waals surface area contributed by atoms with Gasteiger partial charge in [0.15, 0.2) is 0 Å². The molecule has 222 valence electrons. The number of hydrogen-bond acceptors (Lipinski definition) is 7. The third-order valence-electron chi connectivity index (χ3n) is 7.73. The smallest absolute Gasteiger partial charge is 0.410 e. The summed E-state index contributed by atoms with van der Waals surface area (Å²) in [4.78, 5) is 41.4.